The summed E-state index contributed by atoms with van der Waals surface area (Å²) in [6, 6.07) is 11.2. The maximum atomic E-state index is 14.9. The van der Waals surface area contributed by atoms with Gasteiger partial charge in [0.1, 0.15) is 17.3 Å². The third-order valence-electron chi connectivity index (χ3n) is 4.54. The monoisotopic (exact) mass is 365 g/mol. The second-order valence-electron chi connectivity index (χ2n) is 6.19. The van der Waals surface area contributed by atoms with E-state index in [1.165, 1.54) is 24.4 Å². The Labute approximate surface area is 153 Å². The first-order valence-electron chi connectivity index (χ1n) is 8.26. The van der Waals surface area contributed by atoms with Crippen LogP contribution in [0.5, 0.6) is 5.75 Å². The average molecular weight is 365 g/mol. The third-order valence-corrected chi connectivity index (χ3v) is 4.54. The van der Waals surface area contributed by atoms with E-state index in [1.807, 2.05) is 0 Å². The standard InChI is InChI=1S/C20H16FN3O3/c1-11-18(12(2)27-23-11)20-16(10-22-26)15-4-3-5-17(21)19(15)24(20)13-6-8-14(25)9-7-13/h3-10,25-26H,1-2H3. The number of para-hydroxylation sites is 1. The molecule has 0 unspecified atom stereocenters. The van der Waals surface area contributed by atoms with Crippen LogP contribution in [0, 0.1) is 19.7 Å². The Kier molecular flexibility index (Phi) is 3.92. The summed E-state index contributed by atoms with van der Waals surface area (Å²) in [7, 11) is 0. The Morgan fingerprint density at radius 3 is 2.52 bits per heavy atom. The zero-order chi connectivity index (χ0) is 19.1. The minimum atomic E-state index is -0.425. The number of aryl methyl sites for hydroxylation is 2. The highest BCUT2D eigenvalue weighted by Gasteiger charge is 2.25. The first-order valence-corrected chi connectivity index (χ1v) is 8.26. The molecular formula is C20H16FN3O3. The summed E-state index contributed by atoms with van der Waals surface area (Å²) in [5.74, 6) is 0.237. The third kappa shape index (κ3) is 2.55. The van der Waals surface area contributed by atoms with Crippen LogP contribution in [0.4, 0.5) is 4.39 Å². The van der Waals surface area contributed by atoms with Crippen molar-refractivity contribution in [3.05, 3.63) is 65.3 Å². The minimum absolute atomic E-state index is 0.103. The normalized spacial score (nSPS) is 11.7. The number of rotatable bonds is 3. The van der Waals surface area contributed by atoms with Crippen LogP contribution in [-0.2, 0) is 0 Å². The van der Waals surface area contributed by atoms with Crippen LogP contribution in [0.1, 0.15) is 17.0 Å². The van der Waals surface area contributed by atoms with Crippen LogP contribution in [0.15, 0.2) is 52.1 Å². The molecule has 0 saturated carbocycles. The molecule has 0 aliphatic carbocycles. The SMILES string of the molecule is Cc1noc(C)c1-c1c(C=NO)c2cccc(F)c2n1-c1ccc(O)cc1. The number of halogens is 1. The van der Waals surface area contributed by atoms with Crippen LogP contribution in [0.2, 0.25) is 0 Å². The van der Waals surface area contributed by atoms with Gasteiger partial charge in [0.25, 0.3) is 0 Å². The molecule has 27 heavy (non-hydrogen) atoms. The fraction of sp³-hybridized carbons (Fsp3) is 0.100. The number of nitrogens with zero attached hydrogens (tertiary/aromatic N) is 3. The van der Waals surface area contributed by atoms with Gasteiger partial charge >= 0.3 is 0 Å². The number of hydrogen-bond acceptors (Lipinski definition) is 5. The zero-order valence-corrected chi connectivity index (χ0v) is 14.6. The number of oxime groups is 1. The van der Waals surface area contributed by atoms with E-state index in [0.717, 1.165) is 0 Å². The first kappa shape index (κ1) is 16.8. The maximum absolute atomic E-state index is 14.9. The van der Waals surface area contributed by atoms with E-state index in [1.54, 1.807) is 42.7 Å². The van der Waals surface area contributed by atoms with Gasteiger partial charge in [-0.1, -0.05) is 22.4 Å². The number of phenolic OH excluding ortho intramolecular Hbond substituents is 1. The highest BCUT2D eigenvalue weighted by Crippen LogP contribution is 2.39. The molecule has 4 rings (SSSR count). The highest BCUT2D eigenvalue weighted by molar-refractivity contribution is 6.07. The Morgan fingerprint density at radius 1 is 1.15 bits per heavy atom. The van der Waals surface area contributed by atoms with Crippen molar-refractivity contribution in [1.82, 2.24) is 9.72 Å². The van der Waals surface area contributed by atoms with Gasteiger partial charge in [-0.05, 0) is 44.2 Å². The fourth-order valence-corrected chi connectivity index (χ4v) is 3.44. The van der Waals surface area contributed by atoms with Crippen molar-refractivity contribution >= 4 is 17.1 Å². The summed E-state index contributed by atoms with van der Waals surface area (Å²) < 4.78 is 21.9. The van der Waals surface area contributed by atoms with Crippen LogP contribution in [-0.4, -0.2) is 26.3 Å². The van der Waals surface area contributed by atoms with E-state index < -0.39 is 5.82 Å². The topological polar surface area (TPSA) is 83.8 Å². The summed E-state index contributed by atoms with van der Waals surface area (Å²) in [6.07, 6.45) is 1.28. The van der Waals surface area contributed by atoms with E-state index >= 15 is 0 Å². The molecule has 0 bridgehead atoms. The molecule has 0 spiro atoms. The maximum Gasteiger partial charge on any atom is 0.147 e. The van der Waals surface area contributed by atoms with E-state index in [-0.39, 0.29) is 5.75 Å². The smallest absolute Gasteiger partial charge is 0.147 e. The van der Waals surface area contributed by atoms with Crippen molar-refractivity contribution in [2.24, 2.45) is 5.16 Å². The number of fused-ring (bicyclic) bond motifs is 1. The quantitative estimate of drug-likeness (QED) is 0.317. The zero-order valence-electron chi connectivity index (χ0n) is 14.6. The minimum Gasteiger partial charge on any atom is -0.508 e. The summed E-state index contributed by atoms with van der Waals surface area (Å²) >= 11 is 0. The molecule has 2 N–H and O–H groups in total. The van der Waals surface area contributed by atoms with Gasteiger partial charge in [0, 0.05) is 16.6 Å². The molecule has 6 nitrogen and oxygen atoms in total. The van der Waals surface area contributed by atoms with Gasteiger partial charge in [-0.15, -0.1) is 0 Å². The fourth-order valence-electron chi connectivity index (χ4n) is 3.44. The van der Waals surface area contributed by atoms with Gasteiger partial charge in [-0.3, -0.25) is 0 Å². The molecule has 0 radical (unpaired) electrons. The Balaban J connectivity index is 2.23. The van der Waals surface area contributed by atoms with Crippen molar-refractivity contribution in [1.29, 1.82) is 0 Å². The molecule has 136 valence electrons. The van der Waals surface area contributed by atoms with E-state index in [2.05, 4.69) is 10.3 Å². The van der Waals surface area contributed by atoms with Gasteiger partial charge in [0.15, 0.2) is 0 Å². The molecule has 0 atom stereocenters. The van der Waals surface area contributed by atoms with Gasteiger partial charge in [0.05, 0.1) is 28.7 Å². The van der Waals surface area contributed by atoms with Crippen LogP contribution in [0.25, 0.3) is 27.8 Å². The van der Waals surface area contributed by atoms with Crippen LogP contribution in [0.3, 0.4) is 0 Å². The van der Waals surface area contributed by atoms with Gasteiger partial charge < -0.3 is 19.4 Å². The van der Waals surface area contributed by atoms with Gasteiger partial charge in [-0.25, -0.2) is 4.39 Å². The van der Waals surface area contributed by atoms with E-state index in [9.17, 15) is 14.7 Å². The Hall–Kier alpha value is -3.61. The number of aromatic nitrogens is 2. The average Bonchev–Trinajstić information content (AvgIpc) is 3.14. The van der Waals surface area contributed by atoms with Crippen LogP contribution < -0.4 is 0 Å². The lowest BCUT2D eigenvalue weighted by molar-refractivity contribution is 0.322. The highest BCUT2D eigenvalue weighted by atomic mass is 19.1. The molecule has 2 aromatic heterocycles. The molecule has 2 heterocycles. The molecule has 7 heteroatoms. The van der Waals surface area contributed by atoms with Crippen LogP contribution >= 0.6 is 0 Å². The molecule has 0 aliphatic rings. The molecular weight excluding hydrogens is 349 g/mol. The molecule has 0 amide bonds. The second kappa shape index (κ2) is 6.28. The van der Waals surface area contributed by atoms with E-state index in [4.69, 9.17) is 4.52 Å². The number of hydrogen-bond donors (Lipinski definition) is 2. The Bertz CT molecular complexity index is 1150. The van der Waals surface area contributed by atoms with Gasteiger partial charge in [0.2, 0.25) is 0 Å². The largest absolute Gasteiger partial charge is 0.508 e. The lowest BCUT2D eigenvalue weighted by Gasteiger charge is -2.12. The Morgan fingerprint density at radius 2 is 1.89 bits per heavy atom. The van der Waals surface area contributed by atoms with Crippen molar-refractivity contribution in [3.8, 4) is 22.7 Å². The molecule has 2 aromatic carbocycles. The number of phenols is 1. The summed E-state index contributed by atoms with van der Waals surface area (Å²) in [4.78, 5) is 0. The van der Waals surface area contributed by atoms with Crippen molar-refractivity contribution in [2.45, 2.75) is 13.8 Å². The molecule has 4 aromatic rings. The predicted molar refractivity (Wildman–Crippen MR) is 99.2 cm³/mol. The lowest BCUT2D eigenvalue weighted by Crippen LogP contribution is -2.00. The summed E-state index contributed by atoms with van der Waals surface area (Å²) in [6.45, 7) is 3.56. The first-order chi connectivity index (χ1) is 13.0. The predicted octanol–water partition coefficient (Wildman–Crippen LogP) is 4.56. The van der Waals surface area contributed by atoms with Crippen molar-refractivity contribution in [2.75, 3.05) is 0 Å². The van der Waals surface area contributed by atoms with Crippen molar-refractivity contribution in [3.63, 3.8) is 0 Å². The number of aromatic hydroxyl groups is 1. The molecule has 0 fully saturated rings. The second-order valence-corrected chi connectivity index (χ2v) is 6.19. The summed E-state index contributed by atoms with van der Waals surface area (Å²) in [5.41, 5.74) is 3.41. The van der Waals surface area contributed by atoms with Crippen molar-refractivity contribution < 1.29 is 19.2 Å². The molecule has 0 aliphatic heterocycles. The van der Waals surface area contributed by atoms with E-state index in [0.29, 0.717) is 44.9 Å². The number of benzene rings is 2. The summed E-state index contributed by atoms with van der Waals surface area (Å²) in [5, 5.41) is 26.6. The van der Waals surface area contributed by atoms with Gasteiger partial charge in [-0.2, -0.15) is 0 Å². The lowest BCUT2D eigenvalue weighted by atomic mass is 10.0. The molecule has 0 saturated heterocycles.